The van der Waals surface area contributed by atoms with Gasteiger partial charge in [-0.15, -0.1) is 0 Å². The first-order valence-electron chi connectivity index (χ1n) is 9.16. The number of hydrogen-bond acceptors (Lipinski definition) is 5. The minimum absolute atomic E-state index is 0.00575. The molecule has 4 rings (SSSR count). The number of allylic oxidation sites excluding steroid dienone is 1. The molecule has 0 saturated carbocycles. The Balaban J connectivity index is 1.59. The second kappa shape index (κ2) is 7.23. The zero-order chi connectivity index (χ0) is 19.7. The van der Waals surface area contributed by atoms with Crippen LogP contribution < -0.4 is 5.32 Å². The van der Waals surface area contributed by atoms with E-state index in [1.807, 2.05) is 37.3 Å². The van der Waals surface area contributed by atoms with Crippen molar-refractivity contribution < 1.29 is 9.59 Å². The number of anilines is 1. The molecule has 6 heteroatoms. The molecule has 0 aliphatic heterocycles. The lowest BCUT2D eigenvalue weighted by atomic mass is 9.90. The Labute approximate surface area is 162 Å². The van der Waals surface area contributed by atoms with E-state index >= 15 is 0 Å². The molecule has 1 aromatic carbocycles. The first-order valence-corrected chi connectivity index (χ1v) is 9.16. The Hall–Kier alpha value is -3.54. The molecule has 0 fully saturated rings. The molecule has 2 aromatic heterocycles. The lowest BCUT2D eigenvalue weighted by Crippen LogP contribution is -2.17. The quantitative estimate of drug-likeness (QED) is 0.555. The second-order valence-corrected chi connectivity index (χ2v) is 6.78. The first kappa shape index (κ1) is 17.9. The van der Waals surface area contributed by atoms with E-state index in [2.05, 4.69) is 15.4 Å². The van der Waals surface area contributed by atoms with Crippen LogP contribution in [0.1, 0.15) is 45.4 Å². The fourth-order valence-corrected chi connectivity index (χ4v) is 3.41. The highest BCUT2D eigenvalue weighted by molar-refractivity contribution is 6.11. The van der Waals surface area contributed by atoms with Gasteiger partial charge >= 0.3 is 0 Å². The molecule has 0 saturated heterocycles. The molecule has 0 spiro atoms. The topological polar surface area (TPSA) is 76.9 Å². The van der Waals surface area contributed by atoms with Crippen LogP contribution >= 0.6 is 0 Å². The van der Waals surface area contributed by atoms with Crippen LogP contribution in [0.5, 0.6) is 0 Å². The number of nitrogens with zero attached hydrogens (tertiary/aromatic N) is 3. The fourth-order valence-electron chi connectivity index (χ4n) is 3.41. The van der Waals surface area contributed by atoms with Crippen molar-refractivity contribution in [2.45, 2.75) is 26.7 Å². The molecule has 0 unspecified atom stereocenters. The Kier molecular flexibility index (Phi) is 4.61. The van der Waals surface area contributed by atoms with E-state index in [1.165, 1.54) is 6.92 Å². The van der Waals surface area contributed by atoms with Gasteiger partial charge in [0.15, 0.2) is 17.4 Å². The van der Waals surface area contributed by atoms with Crippen molar-refractivity contribution in [3.63, 3.8) is 0 Å². The maximum Gasteiger partial charge on any atom is 0.194 e. The van der Waals surface area contributed by atoms with E-state index in [0.717, 1.165) is 23.6 Å². The fraction of sp³-hybridized carbons (Fsp3) is 0.182. The molecule has 0 radical (unpaired) electrons. The largest absolute Gasteiger partial charge is 0.361 e. The lowest BCUT2D eigenvalue weighted by molar-refractivity contribution is 0.101. The number of benzene rings is 1. The summed E-state index contributed by atoms with van der Waals surface area (Å²) in [5, 5.41) is 7.71. The smallest absolute Gasteiger partial charge is 0.194 e. The molecule has 1 aliphatic carbocycles. The van der Waals surface area contributed by atoms with Gasteiger partial charge in [-0.3, -0.25) is 9.59 Å². The Morgan fingerprint density at radius 2 is 1.93 bits per heavy atom. The summed E-state index contributed by atoms with van der Waals surface area (Å²) in [6.07, 6.45) is 4.82. The van der Waals surface area contributed by atoms with Crippen LogP contribution in [0.3, 0.4) is 0 Å². The van der Waals surface area contributed by atoms with E-state index < -0.39 is 0 Å². The molecule has 0 atom stereocenters. The van der Waals surface area contributed by atoms with Gasteiger partial charge < -0.3 is 5.32 Å². The van der Waals surface area contributed by atoms with Crippen molar-refractivity contribution in [2.24, 2.45) is 0 Å². The van der Waals surface area contributed by atoms with Crippen LogP contribution in [0.25, 0.3) is 5.82 Å². The number of aryl methyl sites for hydroxylation is 1. The number of Topliss-reactive ketones (excluding diaryl/α,β-unsaturated/α-hetero) is 2. The summed E-state index contributed by atoms with van der Waals surface area (Å²) < 4.78 is 1.77. The van der Waals surface area contributed by atoms with Crippen molar-refractivity contribution >= 4 is 17.3 Å². The van der Waals surface area contributed by atoms with Crippen molar-refractivity contribution in [2.75, 3.05) is 5.32 Å². The number of hydrogen-bond donors (Lipinski definition) is 1. The number of carbonyl (C=O) groups excluding carboxylic acids is 2. The highest BCUT2D eigenvalue weighted by Crippen LogP contribution is 2.29. The maximum atomic E-state index is 13.0. The summed E-state index contributed by atoms with van der Waals surface area (Å²) >= 11 is 0. The minimum atomic E-state index is -0.00575. The van der Waals surface area contributed by atoms with Gasteiger partial charge in [-0.25, -0.2) is 9.67 Å². The molecular weight excluding hydrogens is 352 g/mol. The van der Waals surface area contributed by atoms with Gasteiger partial charge in [0.2, 0.25) is 0 Å². The summed E-state index contributed by atoms with van der Waals surface area (Å²) in [5.74, 6) is 0.741. The van der Waals surface area contributed by atoms with Crippen molar-refractivity contribution in [1.29, 1.82) is 0 Å². The van der Waals surface area contributed by atoms with Gasteiger partial charge in [0.25, 0.3) is 0 Å². The van der Waals surface area contributed by atoms with Gasteiger partial charge in [0.1, 0.15) is 0 Å². The van der Waals surface area contributed by atoms with Gasteiger partial charge in [0, 0.05) is 29.2 Å². The molecule has 140 valence electrons. The van der Waals surface area contributed by atoms with Crippen LogP contribution in [0.4, 0.5) is 5.69 Å². The zero-order valence-electron chi connectivity index (χ0n) is 15.8. The van der Waals surface area contributed by atoms with Gasteiger partial charge in [-0.2, -0.15) is 5.10 Å². The summed E-state index contributed by atoms with van der Waals surface area (Å²) in [6.45, 7) is 3.39. The van der Waals surface area contributed by atoms with Gasteiger partial charge in [-0.05, 0) is 63.1 Å². The number of rotatable bonds is 4. The Morgan fingerprint density at radius 3 is 2.61 bits per heavy atom. The third-order valence-electron chi connectivity index (χ3n) is 4.88. The monoisotopic (exact) mass is 372 g/mol. The molecular formula is C22H20N4O2. The van der Waals surface area contributed by atoms with Crippen LogP contribution in [0.15, 0.2) is 60.4 Å². The van der Waals surface area contributed by atoms with E-state index in [0.29, 0.717) is 28.8 Å². The lowest BCUT2D eigenvalue weighted by Gasteiger charge is -2.16. The van der Waals surface area contributed by atoms with E-state index in [9.17, 15) is 9.59 Å². The van der Waals surface area contributed by atoms with Crippen molar-refractivity contribution in [3.05, 3.63) is 82.9 Å². The molecule has 3 aromatic rings. The van der Waals surface area contributed by atoms with Crippen LogP contribution in [-0.2, 0) is 6.42 Å². The van der Waals surface area contributed by atoms with Gasteiger partial charge in [0.05, 0.1) is 17.0 Å². The molecule has 0 amide bonds. The average Bonchev–Trinajstić information content (AvgIpc) is 3.06. The van der Waals surface area contributed by atoms with E-state index in [4.69, 9.17) is 0 Å². The Morgan fingerprint density at radius 1 is 1.14 bits per heavy atom. The molecule has 0 bridgehead atoms. The predicted octanol–water partition coefficient (Wildman–Crippen LogP) is 3.90. The molecule has 1 N–H and O–H groups in total. The zero-order valence-corrected chi connectivity index (χ0v) is 15.8. The number of pyridine rings is 1. The summed E-state index contributed by atoms with van der Waals surface area (Å²) in [7, 11) is 0. The predicted molar refractivity (Wildman–Crippen MR) is 107 cm³/mol. The standard InChI is InChI=1S/C22H20N4O2/c1-14-21-19(26(25-14)20-5-3-4-12-23-20)11-8-17(22(21)28)13-24-18-9-6-16(7-10-18)15(2)27/h3-7,9-10,12-13,24H,8,11H2,1-2H3/b17-13-. The van der Waals surface area contributed by atoms with Crippen molar-refractivity contribution in [3.8, 4) is 5.82 Å². The highest BCUT2D eigenvalue weighted by atomic mass is 16.1. The Bertz CT molecular complexity index is 1080. The van der Waals surface area contributed by atoms with Crippen LogP contribution in [0.2, 0.25) is 0 Å². The number of fused-ring (bicyclic) bond motifs is 1. The third kappa shape index (κ3) is 3.24. The minimum Gasteiger partial charge on any atom is -0.361 e. The molecule has 28 heavy (non-hydrogen) atoms. The summed E-state index contributed by atoms with van der Waals surface area (Å²) in [6, 6.07) is 12.8. The maximum absolute atomic E-state index is 13.0. The van der Waals surface area contributed by atoms with Gasteiger partial charge in [-0.1, -0.05) is 6.07 Å². The SMILES string of the molecule is CC(=O)c1ccc(N/C=C2/CCc3c(c(C)nn3-c3ccccn3)C2=O)cc1. The van der Waals surface area contributed by atoms with Crippen molar-refractivity contribution in [1.82, 2.24) is 14.8 Å². The third-order valence-corrected chi connectivity index (χ3v) is 4.88. The normalized spacial score (nSPS) is 14.8. The molecule has 1 aliphatic rings. The van der Waals surface area contributed by atoms with E-state index in [-0.39, 0.29) is 11.6 Å². The first-order chi connectivity index (χ1) is 13.5. The molecule has 2 heterocycles. The number of aromatic nitrogens is 3. The average molecular weight is 372 g/mol. The van der Waals surface area contributed by atoms with E-state index in [1.54, 1.807) is 29.2 Å². The molecule has 6 nitrogen and oxygen atoms in total. The van der Waals surface area contributed by atoms with Crippen LogP contribution in [0, 0.1) is 6.92 Å². The highest BCUT2D eigenvalue weighted by Gasteiger charge is 2.29. The number of nitrogens with one attached hydrogen (secondary N) is 1. The summed E-state index contributed by atoms with van der Waals surface area (Å²) in [5.41, 5.74) is 4.49. The second-order valence-electron chi connectivity index (χ2n) is 6.78. The number of carbonyl (C=O) groups is 2. The summed E-state index contributed by atoms with van der Waals surface area (Å²) in [4.78, 5) is 28.7. The number of ketones is 2. The van der Waals surface area contributed by atoms with Crippen LogP contribution in [-0.4, -0.2) is 26.3 Å².